The molecule has 0 aliphatic heterocycles. The Hall–Kier alpha value is -3.59. The molecule has 30 heavy (non-hydrogen) atoms. The van der Waals surface area contributed by atoms with E-state index in [1.165, 1.54) is 29.4 Å². The molecule has 0 spiro atoms. The second-order valence-corrected chi connectivity index (χ2v) is 6.64. The van der Waals surface area contributed by atoms with Gasteiger partial charge >= 0.3 is 6.61 Å². The molecule has 1 amide bonds. The van der Waals surface area contributed by atoms with Crippen molar-refractivity contribution >= 4 is 28.8 Å². The molecule has 0 radical (unpaired) electrons. The van der Waals surface area contributed by atoms with E-state index >= 15 is 0 Å². The molecule has 4 aromatic rings. The number of anilines is 1. The van der Waals surface area contributed by atoms with E-state index in [0.717, 1.165) is 0 Å². The van der Waals surface area contributed by atoms with E-state index in [0.29, 0.717) is 27.7 Å². The standard InChI is InChI=1S/C20H14ClF2N5O2/c1-27(13-4-7-17(21)25-8-13)19(29)15-11-28-16(9-26-18(28)10-24-15)12-2-5-14(6-3-12)30-20(22)23/h2-11,20H,1H3. The predicted molar refractivity (Wildman–Crippen MR) is 107 cm³/mol. The van der Waals surface area contributed by atoms with Crippen LogP contribution in [0, 0.1) is 0 Å². The average Bonchev–Trinajstić information content (AvgIpc) is 3.16. The Morgan fingerprint density at radius 2 is 1.83 bits per heavy atom. The van der Waals surface area contributed by atoms with Crippen LogP contribution in [-0.2, 0) is 0 Å². The number of ether oxygens (including phenoxy) is 1. The van der Waals surface area contributed by atoms with Crippen LogP contribution in [0.3, 0.4) is 0 Å². The summed E-state index contributed by atoms with van der Waals surface area (Å²) in [6.07, 6.45) is 6.16. The summed E-state index contributed by atoms with van der Waals surface area (Å²) in [6.45, 7) is -2.89. The largest absolute Gasteiger partial charge is 0.435 e. The Morgan fingerprint density at radius 3 is 2.50 bits per heavy atom. The first-order valence-electron chi connectivity index (χ1n) is 8.70. The van der Waals surface area contributed by atoms with Gasteiger partial charge in [-0.25, -0.2) is 15.0 Å². The minimum absolute atomic E-state index is 0.0540. The van der Waals surface area contributed by atoms with Gasteiger partial charge < -0.3 is 9.64 Å². The molecule has 0 atom stereocenters. The first-order chi connectivity index (χ1) is 14.4. The number of halogens is 3. The third-order valence-corrected chi connectivity index (χ3v) is 4.62. The quantitative estimate of drug-likeness (QED) is 0.442. The summed E-state index contributed by atoms with van der Waals surface area (Å²) in [4.78, 5) is 26.7. The van der Waals surface area contributed by atoms with Crippen molar-refractivity contribution in [1.29, 1.82) is 0 Å². The van der Waals surface area contributed by atoms with E-state index in [2.05, 4.69) is 19.7 Å². The van der Waals surface area contributed by atoms with Crippen LogP contribution in [0.4, 0.5) is 14.5 Å². The number of pyridine rings is 1. The van der Waals surface area contributed by atoms with Gasteiger partial charge in [0.05, 0.1) is 30.0 Å². The number of carbonyl (C=O) groups excluding carboxylic acids is 1. The van der Waals surface area contributed by atoms with Gasteiger partial charge in [-0.1, -0.05) is 11.6 Å². The maximum Gasteiger partial charge on any atom is 0.387 e. The fraction of sp³-hybridized carbons (Fsp3) is 0.100. The van der Waals surface area contributed by atoms with E-state index < -0.39 is 6.61 Å². The molecule has 0 fully saturated rings. The van der Waals surface area contributed by atoms with Crippen molar-refractivity contribution in [2.75, 3.05) is 11.9 Å². The van der Waals surface area contributed by atoms with Crippen molar-refractivity contribution in [3.05, 3.63) is 72.0 Å². The van der Waals surface area contributed by atoms with Gasteiger partial charge in [-0.05, 0) is 36.4 Å². The van der Waals surface area contributed by atoms with Gasteiger partial charge in [0.2, 0.25) is 0 Å². The summed E-state index contributed by atoms with van der Waals surface area (Å²) in [5.41, 5.74) is 2.67. The lowest BCUT2D eigenvalue weighted by atomic mass is 10.1. The molecule has 10 heteroatoms. The predicted octanol–water partition coefficient (Wildman–Crippen LogP) is 4.32. The summed E-state index contributed by atoms with van der Waals surface area (Å²) in [7, 11) is 1.61. The maximum atomic E-state index is 12.9. The van der Waals surface area contributed by atoms with Crippen LogP contribution in [0.15, 0.2) is 61.2 Å². The Kier molecular flexibility index (Phi) is 5.28. The lowest BCUT2D eigenvalue weighted by molar-refractivity contribution is -0.0498. The number of nitrogens with zero attached hydrogens (tertiary/aromatic N) is 5. The van der Waals surface area contributed by atoms with E-state index in [9.17, 15) is 13.6 Å². The smallest absolute Gasteiger partial charge is 0.387 e. The fourth-order valence-corrected chi connectivity index (χ4v) is 2.99. The number of imidazole rings is 1. The van der Waals surface area contributed by atoms with Crippen molar-refractivity contribution < 1.29 is 18.3 Å². The van der Waals surface area contributed by atoms with Crippen LogP contribution < -0.4 is 9.64 Å². The molecule has 3 aromatic heterocycles. The number of amides is 1. The minimum Gasteiger partial charge on any atom is -0.435 e. The van der Waals surface area contributed by atoms with E-state index in [4.69, 9.17) is 11.6 Å². The molecular weight excluding hydrogens is 416 g/mol. The van der Waals surface area contributed by atoms with Crippen LogP contribution in [0.5, 0.6) is 5.75 Å². The number of carbonyl (C=O) groups is 1. The Morgan fingerprint density at radius 1 is 1.07 bits per heavy atom. The van der Waals surface area contributed by atoms with Gasteiger partial charge in [0.15, 0.2) is 5.65 Å². The zero-order valence-corrected chi connectivity index (χ0v) is 16.3. The average molecular weight is 430 g/mol. The van der Waals surface area contributed by atoms with Crippen LogP contribution in [-0.4, -0.2) is 38.9 Å². The van der Waals surface area contributed by atoms with E-state index in [1.54, 1.807) is 48.1 Å². The molecule has 1 aromatic carbocycles. The number of benzene rings is 1. The van der Waals surface area contributed by atoms with Crippen molar-refractivity contribution in [1.82, 2.24) is 19.4 Å². The number of hydrogen-bond acceptors (Lipinski definition) is 5. The molecule has 0 saturated heterocycles. The topological polar surface area (TPSA) is 72.6 Å². The van der Waals surface area contributed by atoms with Gasteiger partial charge in [0.1, 0.15) is 16.6 Å². The monoisotopic (exact) mass is 429 g/mol. The number of aromatic nitrogens is 4. The number of hydrogen-bond donors (Lipinski definition) is 0. The van der Waals surface area contributed by atoms with Gasteiger partial charge in [-0.2, -0.15) is 8.78 Å². The van der Waals surface area contributed by atoms with Gasteiger partial charge in [0, 0.05) is 18.8 Å². The van der Waals surface area contributed by atoms with E-state index in [1.807, 2.05) is 0 Å². The minimum atomic E-state index is -2.89. The van der Waals surface area contributed by atoms with Gasteiger partial charge in [0.25, 0.3) is 5.91 Å². The zero-order chi connectivity index (χ0) is 21.3. The highest BCUT2D eigenvalue weighted by Gasteiger charge is 2.17. The second-order valence-electron chi connectivity index (χ2n) is 6.25. The summed E-state index contributed by atoms with van der Waals surface area (Å²) in [5, 5.41) is 0.326. The highest BCUT2D eigenvalue weighted by molar-refractivity contribution is 6.29. The Balaban J connectivity index is 1.65. The first-order valence-corrected chi connectivity index (χ1v) is 9.08. The molecule has 0 N–H and O–H groups in total. The van der Waals surface area contributed by atoms with Crippen LogP contribution >= 0.6 is 11.6 Å². The SMILES string of the molecule is CN(C(=O)c1cn2c(-c3ccc(OC(F)F)cc3)cnc2cn1)c1ccc(Cl)nc1. The highest BCUT2D eigenvalue weighted by atomic mass is 35.5. The normalized spacial score (nSPS) is 11.1. The molecule has 152 valence electrons. The molecule has 0 bridgehead atoms. The Labute approximate surface area is 174 Å². The van der Waals surface area contributed by atoms with Crippen LogP contribution in [0.1, 0.15) is 10.5 Å². The zero-order valence-electron chi connectivity index (χ0n) is 15.5. The second kappa shape index (κ2) is 8.03. The van der Waals surface area contributed by atoms with Gasteiger partial charge in [-0.3, -0.25) is 9.20 Å². The van der Waals surface area contributed by atoms with Crippen molar-refractivity contribution in [2.24, 2.45) is 0 Å². The molecule has 0 saturated carbocycles. The van der Waals surface area contributed by atoms with Crippen LogP contribution in [0.25, 0.3) is 16.9 Å². The van der Waals surface area contributed by atoms with Crippen molar-refractivity contribution in [2.45, 2.75) is 6.61 Å². The molecule has 4 rings (SSSR count). The molecular formula is C20H14ClF2N5O2. The lowest BCUT2D eigenvalue weighted by Crippen LogP contribution is -2.27. The van der Waals surface area contributed by atoms with Crippen molar-refractivity contribution in [3.8, 4) is 17.0 Å². The third-order valence-electron chi connectivity index (χ3n) is 4.39. The lowest BCUT2D eigenvalue weighted by Gasteiger charge is -2.16. The Bertz CT molecular complexity index is 1200. The maximum absolute atomic E-state index is 12.9. The summed E-state index contributed by atoms with van der Waals surface area (Å²) >= 11 is 5.79. The fourth-order valence-electron chi connectivity index (χ4n) is 2.88. The number of rotatable bonds is 5. The van der Waals surface area contributed by atoms with E-state index in [-0.39, 0.29) is 17.4 Å². The molecule has 0 unspecified atom stereocenters. The summed E-state index contributed by atoms with van der Waals surface area (Å²) in [5.74, 6) is -0.292. The molecule has 0 aliphatic carbocycles. The van der Waals surface area contributed by atoms with Gasteiger partial charge in [-0.15, -0.1) is 0 Å². The number of fused-ring (bicyclic) bond motifs is 1. The first kappa shape index (κ1) is 19.7. The molecule has 3 heterocycles. The summed E-state index contributed by atoms with van der Waals surface area (Å²) in [6, 6.07) is 9.41. The molecule has 7 nitrogen and oxygen atoms in total. The third kappa shape index (κ3) is 3.92. The van der Waals surface area contributed by atoms with Crippen LogP contribution in [0.2, 0.25) is 5.15 Å². The number of alkyl halides is 2. The highest BCUT2D eigenvalue weighted by Crippen LogP contribution is 2.25. The summed E-state index contributed by atoms with van der Waals surface area (Å²) < 4.78 is 30.8. The van der Waals surface area contributed by atoms with Crippen molar-refractivity contribution in [3.63, 3.8) is 0 Å². The molecule has 0 aliphatic rings.